The van der Waals surface area contributed by atoms with Crippen LogP contribution in [-0.4, -0.2) is 29.7 Å². The number of hydrogen-bond acceptors (Lipinski definition) is 3. The van der Waals surface area contributed by atoms with E-state index in [1.165, 1.54) is 17.7 Å². The van der Waals surface area contributed by atoms with Gasteiger partial charge >= 0.3 is 0 Å². The van der Waals surface area contributed by atoms with Crippen LogP contribution in [0.5, 0.6) is 0 Å². The van der Waals surface area contributed by atoms with Crippen molar-refractivity contribution in [2.75, 3.05) is 6.54 Å². The Kier molecular flexibility index (Phi) is 9.73. The van der Waals surface area contributed by atoms with Gasteiger partial charge in [-0.05, 0) is 79.1 Å². The summed E-state index contributed by atoms with van der Waals surface area (Å²) in [4.78, 5) is 13.0. The summed E-state index contributed by atoms with van der Waals surface area (Å²) in [5, 5.41) is 17.1. The van der Waals surface area contributed by atoms with E-state index < -0.39 is 23.8 Å². The maximum absolute atomic E-state index is 13.8. The molecule has 0 heterocycles. The van der Waals surface area contributed by atoms with Crippen molar-refractivity contribution in [1.29, 1.82) is 0 Å². The van der Waals surface area contributed by atoms with Crippen LogP contribution in [0.1, 0.15) is 45.9 Å². The molecule has 0 radical (unpaired) electrons. The molecule has 6 heteroatoms. The van der Waals surface area contributed by atoms with Gasteiger partial charge in [-0.1, -0.05) is 48.9 Å². The van der Waals surface area contributed by atoms with E-state index in [0.29, 0.717) is 12.1 Å². The van der Waals surface area contributed by atoms with Gasteiger partial charge in [0, 0.05) is 19.2 Å². The lowest BCUT2D eigenvalue weighted by Gasteiger charge is -2.25. The Labute approximate surface area is 212 Å². The van der Waals surface area contributed by atoms with E-state index in [4.69, 9.17) is 0 Å². The van der Waals surface area contributed by atoms with Crippen LogP contribution in [0, 0.1) is 32.4 Å². The van der Waals surface area contributed by atoms with Crippen molar-refractivity contribution in [2.45, 2.75) is 65.6 Å². The van der Waals surface area contributed by atoms with Gasteiger partial charge in [0.2, 0.25) is 5.91 Å². The van der Waals surface area contributed by atoms with Gasteiger partial charge < -0.3 is 15.7 Å². The molecule has 1 amide bonds. The van der Waals surface area contributed by atoms with Gasteiger partial charge in [0.25, 0.3) is 0 Å². The number of hydrogen-bond donors (Lipinski definition) is 3. The first kappa shape index (κ1) is 27.5. The first-order chi connectivity index (χ1) is 17.1. The minimum Gasteiger partial charge on any atom is -0.390 e. The summed E-state index contributed by atoms with van der Waals surface area (Å²) >= 11 is 0. The molecular formula is C30H36F2N2O2. The van der Waals surface area contributed by atoms with Gasteiger partial charge in [0.05, 0.1) is 18.6 Å². The molecule has 0 aromatic heterocycles. The Bertz CT molecular complexity index is 1150. The van der Waals surface area contributed by atoms with Gasteiger partial charge in [-0.2, -0.15) is 0 Å². The third kappa shape index (κ3) is 7.97. The van der Waals surface area contributed by atoms with Crippen molar-refractivity contribution < 1.29 is 18.7 Å². The zero-order valence-corrected chi connectivity index (χ0v) is 21.5. The number of amides is 1. The summed E-state index contributed by atoms with van der Waals surface area (Å²) in [5.41, 5.74) is 6.83. The molecule has 0 saturated heterocycles. The number of benzene rings is 3. The number of aryl methyl sites for hydroxylation is 4. The van der Waals surface area contributed by atoms with Crippen LogP contribution in [0.25, 0.3) is 0 Å². The molecule has 0 fully saturated rings. The van der Waals surface area contributed by atoms with E-state index >= 15 is 0 Å². The average Bonchev–Trinajstić information content (AvgIpc) is 2.80. The summed E-state index contributed by atoms with van der Waals surface area (Å²) < 4.78 is 27.6. The van der Waals surface area contributed by atoms with Gasteiger partial charge in [-0.15, -0.1) is 0 Å². The molecule has 0 spiro atoms. The van der Waals surface area contributed by atoms with E-state index in [1.54, 1.807) is 0 Å². The van der Waals surface area contributed by atoms with Crippen molar-refractivity contribution in [2.24, 2.45) is 0 Å². The number of rotatable bonds is 11. The first-order valence-corrected chi connectivity index (χ1v) is 12.4. The maximum Gasteiger partial charge on any atom is 0.224 e. The minimum atomic E-state index is -0.963. The van der Waals surface area contributed by atoms with Crippen molar-refractivity contribution in [3.05, 3.63) is 105 Å². The molecule has 3 aromatic carbocycles. The van der Waals surface area contributed by atoms with Crippen LogP contribution in [0.4, 0.5) is 8.78 Å². The molecule has 0 bridgehead atoms. The van der Waals surface area contributed by atoms with Gasteiger partial charge in [-0.3, -0.25) is 4.79 Å². The number of carbonyl (C=O) groups is 1. The van der Waals surface area contributed by atoms with E-state index in [-0.39, 0.29) is 25.3 Å². The zero-order valence-electron chi connectivity index (χ0n) is 21.5. The van der Waals surface area contributed by atoms with Crippen LogP contribution in [-0.2, 0) is 30.6 Å². The molecular weight excluding hydrogens is 458 g/mol. The molecule has 0 aliphatic heterocycles. The summed E-state index contributed by atoms with van der Waals surface area (Å²) in [6.07, 6.45) is 0.236. The predicted molar refractivity (Wildman–Crippen MR) is 140 cm³/mol. The Morgan fingerprint density at radius 2 is 1.56 bits per heavy atom. The fourth-order valence-electron chi connectivity index (χ4n) is 4.64. The monoisotopic (exact) mass is 494 g/mol. The summed E-state index contributed by atoms with van der Waals surface area (Å²) in [6, 6.07) is 14.8. The molecule has 0 aliphatic rings. The molecule has 0 aliphatic carbocycles. The fourth-order valence-corrected chi connectivity index (χ4v) is 4.64. The lowest BCUT2D eigenvalue weighted by atomic mass is 9.96. The first-order valence-electron chi connectivity index (χ1n) is 12.4. The molecule has 2 atom stereocenters. The van der Waals surface area contributed by atoms with Crippen LogP contribution in [0.3, 0.4) is 0 Å². The molecule has 36 heavy (non-hydrogen) atoms. The molecule has 0 unspecified atom stereocenters. The lowest BCUT2D eigenvalue weighted by Crippen LogP contribution is -2.49. The third-order valence-electron chi connectivity index (χ3n) is 6.45. The van der Waals surface area contributed by atoms with E-state index in [2.05, 4.69) is 29.7 Å². The molecule has 0 saturated carbocycles. The molecule has 192 valence electrons. The lowest BCUT2D eigenvalue weighted by molar-refractivity contribution is -0.122. The smallest absolute Gasteiger partial charge is 0.224 e. The normalized spacial score (nSPS) is 12.9. The Morgan fingerprint density at radius 3 is 2.19 bits per heavy atom. The highest BCUT2D eigenvalue weighted by Gasteiger charge is 2.23. The van der Waals surface area contributed by atoms with Gasteiger partial charge in [-0.25, -0.2) is 8.78 Å². The van der Waals surface area contributed by atoms with Crippen molar-refractivity contribution >= 4 is 5.91 Å². The second-order valence-electron chi connectivity index (χ2n) is 9.58. The number of halogens is 2. The van der Waals surface area contributed by atoms with Crippen molar-refractivity contribution in [3.8, 4) is 0 Å². The van der Waals surface area contributed by atoms with E-state index in [9.17, 15) is 18.7 Å². The van der Waals surface area contributed by atoms with E-state index in [1.807, 2.05) is 45.0 Å². The van der Waals surface area contributed by atoms with Crippen LogP contribution >= 0.6 is 0 Å². The summed E-state index contributed by atoms with van der Waals surface area (Å²) in [7, 11) is 0. The number of nitrogens with one attached hydrogen (secondary N) is 2. The van der Waals surface area contributed by atoms with Crippen molar-refractivity contribution in [3.63, 3.8) is 0 Å². The quantitative estimate of drug-likeness (QED) is 0.356. The Balaban J connectivity index is 1.71. The number of aliphatic hydroxyl groups is 1. The topological polar surface area (TPSA) is 61.4 Å². The second kappa shape index (κ2) is 12.7. The predicted octanol–water partition coefficient (Wildman–Crippen LogP) is 4.87. The Hall–Kier alpha value is -3.09. The zero-order chi connectivity index (χ0) is 26.2. The number of aliphatic hydroxyl groups excluding tert-OH is 1. The minimum absolute atomic E-state index is 0.0977. The Morgan fingerprint density at radius 1 is 0.917 bits per heavy atom. The largest absolute Gasteiger partial charge is 0.390 e. The molecule has 4 nitrogen and oxygen atoms in total. The SMILES string of the molecule is CCc1cccc(CNC[C@@H](O)[C@H](Cc2cc(F)cc(F)c2)NC(=O)Cc2c(C)cc(C)cc2C)c1. The number of carbonyl (C=O) groups excluding carboxylic acids is 1. The molecule has 3 rings (SSSR count). The average molecular weight is 495 g/mol. The molecule has 3 aromatic rings. The fraction of sp³-hybridized carbons (Fsp3) is 0.367. The standard InChI is InChI=1S/C30H36F2N2O2/c1-5-22-7-6-8-23(11-22)17-33-18-29(35)28(14-24-12-25(31)15-26(32)13-24)34-30(36)16-27-20(3)9-19(2)10-21(27)4/h6-13,15,28-29,33,35H,5,14,16-18H2,1-4H3,(H,34,36)/t28-,29+/m0/s1. The third-order valence-corrected chi connectivity index (χ3v) is 6.45. The summed E-state index contributed by atoms with van der Waals surface area (Å²) in [5.74, 6) is -1.63. The maximum atomic E-state index is 13.8. The van der Waals surface area contributed by atoms with Gasteiger partial charge in [0.1, 0.15) is 11.6 Å². The highest BCUT2D eigenvalue weighted by molar-refractivity contribution is 5.79. The highest BCUT2D eigenvalue weighted by atomic mass is 19.1. The van der Waals surface area contributed by atoms with E-state index in [0.717, 1.165) is 40.3 Å². The summed E-state index contributed by atoms with van der Waals surface area (Å²) in [6.45, 7) is 8.83. The van der Waals surface area contributed by atoms with Crippen LogP contribution < -0.4 is 10.6 Å². The van der Waals surface area contributed by atoms with Crippen molar-refractivity contribution in [1.82, 2.24) is 10.6 Å². The van der Waals surface area contributed by atoms with Crippen LogP contribution in [0.15, 0.2) is 54.6 Å². The highest BCUT2D eigenvalue weighted by Crippen LogP contribution is 2.18. The molecule has 3 N–H and O–H groups in total. The second-order valence-corrected chi connectivity index (χ2v) is 9.58. The van der Waals surface area contributed by atoms with Gasteiger partial charge in [0.15, 0.2) is 0 Å². The van der Waals surface area contributed by atoms with Crippen LogP contribution in [0.2, 0.25) is 0 Å².